The Balaban J connectivity index is 4.30. The molecule has 0 amide bonds. The minimum atomic E-state index is -0.778. The summed E-state index contributed by atoms with van der Waals surface area (Å²) in [5, 5.41) is 0. The largest absolute Gasteiger partial charge is 0.462 e. The molecule has 0 saturated heterocycles. The first-order valence-electron chi connectivity index (χ1n) is 25.6. The Morgan fingerprint density at radius 1 is 0.333 bits per heavy atom. The molecule has 0 radical (unpaired) electrons. The van der Waals surface area contributed by atoms with Crippen LogP contribution in [-0.4, -0.2) is 37.2 Å². The van der Waals surface area contributed by atoms with Gasteiger partial charge in [-0.2, -0.15) is 0 Å². The van der Waals surface area contributed by atoms with Gasteiger partial charge in [-0.05, 0) is 83.5 Å². The van der Waals surface area contributed by atoms with Crippen LogP contribution in [0.4, 0.5) is 0 Å². The van der Waals surface area contributed by atoms with E-state index in [0.717, 1.165) is 89.9 Å². The fraction of sp³-hybridized carbons (Fsp3) is 0.796. The molecule has 0 bridgehead atoms. The summed E-state index contributed by atoms with van der Waals surface area (Å²) in [4.78, 5) is 37.8. The number of ether oxygens (including phenoxy) is 3. The van der Waals surface area contributed by atoms with Gasteiger partial charge in [0.05, 0.1) is 0 Å². The number of unbranched alkanes of at least 4 members (excludes halogenated alkanes) is 27. The molecule has 6 heteroatoms. The SMILES string of the molecule is CCCCC/C=C\CCCCCCCC(=O)OC(COC(=O)CCCCCCCC/C=C\C/C=C\C/C=C\CCCCCCC)COC(=O)CCCCCCCCCCC. The molecule has 1 atom stereocenters. The topological polar surface area (TPSA) is 78.9 Å². The van der Waals surface area contributed by atoms with Crippen molar-refractivity contribution in [2.24, 2.45) is 0 Å². The maximum Gasteiger partial charge on any atom is 0.306 e. The van der Waals surface area contributed by atoms with Crippen molar-refractivity contribution in [1.29, 1.82) is 0 Å². The molecule has 0 aromatic heterocycles. The van der Waals surface area contributed by atoms with Crippen molar-refractivity contribution in [1.82, 2.24) is 0 Å². The predicted molar refractivity (Wildman–Crippen MR) is 256 cm³/mol. The van der Waals surface area contributed by atoms with Crippen molar-refractivity contribution in [3.63, 3.8) is 0 Å². The Labute approximate surface area is 371 Å². The lowest BCUT2D eigenvalue weighted by Crippen LogP contribution is -2.30. The van der Waals surface area contributed by atoms with E-state index in [0.29, 0.717) is 19.3 Å². The highest BCUT2D eigenvalue weighted by Gasteiger charge is 2.19. The van der Waals surface area contributed by atoms with Gasteiger partial charge >= 0.3 is 17.9 Å². The first kappa shape index (κ1) is 57.4. The van der Waals surface area contributed by atoms with Gasteiger partial charge in [0, 0.05) is 19.3 Å². The van der Waals surface area contributed by atoms with E-state index in [1.165, 1.54) is 128 Å². The van der Waals surface area contributed by atoms with Gasteiger partial charge in [-0.1, -0.05) is 204 Å². The monoisotopic (exact) mass is 841 g/mol. The minimum absolute atomic E-state index is 0.0793. The summed E-state index contributed by atoms with van der Waals surface area (Å²) in [6.07, 6.45) is 58.1. The third-order valence-electron chi connectivity index (χ3n) is 11.1. The Bertz CT molecular complexity index is 1060. The van der Waals surface area contributed by atoms with E-state index < -0.39 is 6.10 Å². The van der Waals surface area contributed by atoms with Crippen LogP contribution in [0, 0.1) is 0 Å². The molecule has 0 heterocycles. The van der Waals surface area contributed by atoms with Crippen LogP contribution in [0.5, 0.6) is 0 Å². The number of esters is 3. The summed E-state index contributed by atoms with van der Waals surface area (Å²) in [5.74, 6) is -0.900. The molecule has 0 fully saturated rings. The van der Waals surface area contributed by atoms with E-state index in [2.05, 4.69) is 69.4 Å². The molecule has 1 unspecified atom stereocenters. The fourth-order valence-corrected chi connectivity index (χ4v) is 7.15. The molecule has 0 aliphatic rings. The third-order valence-corrected chi connectivity index (χ3v) is 11.1. The maximum absolute atomic E-state index is 12.7. The average molecular weight is 841 g/mol. The number of carbonyl (C=O) groups excluding carboxylic acids is 3. The summed E-state index contributed by atoms with van der Waals surface area (Å²) in [7, 11) is 0. The molecule has 0 saturated carbocycles. The summed E-state index contributed by atoms with van der Waals surface area (Å²) >= 11 is 0. The van der Waals surface area contributed by atoms with E-state index in [9.17, 15) is 14.4 Å². The molecule has 0 aromatic rings. The zero-order valence-corrected chi connectivity index (χ0v) is 39.7. The van der Waals surface area contributed by atoms with Crippen LogP contribution in [0.2, 0.25) is 0 Å². The van der Waals surface area contributed by atoms with E-state index in [1.807, 2.05) is 0 Å². The van der Waals surface area contributed by atoms with Crippen molar-refractivity contribution >= 4 is 17.9 Å². The van der Waals surface area contributed by atoms with Crippen molar-refractivity contribution in [3.05, 3.63) is 48.6 Å². The van der Waals surface area contributed by atoms with Crippen molar-refractivity contribution in [2.45, 2.75) is 264 Å². The molecule has 0 aliphatic carbocycles. The lowest BCUT2D eigenvalue weighted by atomic mass is 10.1. The Morgan fingerprint density at radius 2 is 0.600 bits per heavy atom. The highest BCUT2D eigenvalue weighted by atomic mass is 16.6. The Hall–Kier alpha value is -2.63. The second kappa shape index (κ2) is 49.0. The van der Waals surface area contributed by atoms with Crippen LogP contribution in [0.15, 0.2) is 48.6 Å². The van der Waals surface area contributed by atoms with Crippen LogP contribution >= 0.6 is 0 Å². The van der Waals surface area contributed by atoms with Gasteiger partial charge in [0.15, 0.2) is 6.10 Å². The van der Waals surface area contributed by atoms with Gasteiger partial charge in [0.1, 0.15) is 13.2 Å². The van der Waals surface area contributed by atoms with E-state index in [-0.39, 0.29) is 31.1 Å². The molecule has 0 aromatic carbocycles. The molecular formula is C54H96O6. The van der Waals surface area contributed by atoms with E-state index in [1.54, 1.807) is 0 Å². The number of carbonyl (C=O) groups is 3. The summed E-state index contributed by atoms with van der Waals surface area (Å²) in [6, 6.07) is 0. The maximum atomic E-state index is 12.7. The van der Waals surface area contributed by atoms with Gasteiger partial charge in [-0.3, -0.25) is 14.4 Å². The third kappa shape index (κ3) is 46.4. The molecule has 0 N–H and O–H groups in total. The average Bonchev–Trinajstić information content (AvgIpc) is 3.24. The molecular weight excluding hydrogens is 745 g/mol. The minimum Gasteiger partial charge on any atom is -0.462 e. The highest BCUT2D eigenvalue weighted by Crippen LogP contribution is 2.14. The fourth-order valence-electron chi connectivity index (χ4n) is 7.15. The zero-order chi connectivity index (χ0) is 43.7. The van der Waals surface area contributed by atoms with Crippen molar-refractivity contribution in [3.8, 4) is 0 Å². The van der Waals surface area contributed by atoms with Gasteiger partial charge in [0.2, 0.25) is 0 Å². The lowest BCUT2D eigenvalue weighted by molar-refractivity contribution is -0.167. The quantitative estimate of drug-likeness (QED) is 0.0263. The van der Waals surface area contributed by atoms with Crippen LogP contribution < -0.4 is 0 Å². The predicted octanol–water partition coefficient (Wildman–Crippen LogP) is 16.7. The molecule has 0 rings (SSSR count). The summed E-state index contributed by atoms with van der Waals surface area (Å²) in [5.41, 5.74) is 0. The molecule has 60 heavy (non-hydrogen) atoms. The molecule has 348 valence electrons. The van der Waals surface area contributed by atoms with Crippen LogP contribution in [0.1, 0.15) is 258 Å². The Kier molecular flexibility index (Phi) is 46.9. The second-order valence-corrected chi connectivity index (χ2v) is 17.1. The molecule has 0 spiro atoms. The van der Waals surface area contributed by atoms with Gasteiger partial charge in [-0.25, -0.2) is 0 Å². The standard InChI is InChI=1S/C54H96O6/c1-4-7-10-13-16-19-21-23-24-25-26-27-28-29-30-31-33-35-38-41-44-47-53(56)59-50-51(49-58-52(55)46-43-40-37-34-18-15-12-9-6-3)60-54(57)48-45-42-39-36-32-22-20-17-14-11-8-5-2/h17,20-21,23,25-26,28-29,51H,4-16,18-19,22,24,27,30-50H2,1-3H3/b20-17-,23-21-,26-25-,29-28-. The number of rotatable bonds is 46. The van der Waals surface area contributed by atoms with Crippen molar-refractivity contribution in [2.75, 3.05) is 13.2 Å². The van der Waals surface area contributed by atoms with Gasteiger partial charge in [-0.15, -0.1) is 0 Å². The molecule has 6 nitrogen and oxygen atoms in total. The number of hydrogen-bond donors (Lipinski definition) is 0. The zero-order valence-electron chi connectivity index (χ0n) is 39.7. The van der Waals surface area contributed by atoms with Gasteiger partial charge in [0.25, 0.3) is 0 Å². The second-order valence-electron chi connectivity index (χ2n) is 17.1. The number of hydrogen-bond acceptors (Lipinski definition) is 6. The van der Waals surface area contributed by atoms with E-state index >= 15 is 0 Å². The summed E-state index contributed by atoms with van der Waals surface area (Å²) in [6.45, 7) is 6.57. The normalized spacial score (nSPS) is 12.4. The first-order valence-corrected chi connectivity index (χ1v) is 25.6. The van der Waals surface area contributed by atoms with Gasteiger partial charge < -0.3 is 14.2 Å². The van der Waals surface area contributed by atoms with Crippen LogP contribution in [-0.2, 0) is 28.6 Å². The van der Waals surface area contributed by atoms with Crippen LogP contribution in [0.25, 0.3) is 0 Å². The Morgan fingerprint density at radius 3 is 0.983 bits per heavy atom. The lowest BCUT2D eigenvalue weighted by Gasteiger charge is -2.18. The first-order chi connectivity index (χ1) is 29.5. The number of allylic oxidation sites excluding steroid dienone is 8. The molecule has 0 aliphatic heterocycles. The summed E-state index contributed by atoms with van der Waals surface area (Å²) < 4.78 is 16.7. The van der Waals surface area contributed by atoms with Crippen molar-refractivity contribution < 1.29 is 28.6 Å². The van der Waals surface area contributed by atoms with E-state index in [4.69, 9.17) is 14.2 Å². The highest BCUT2D eigenvalue weighted by molar-refractivity contribution is 5.71. The van der Waals surface area contributed by atoms with Crippen LogP contribution in [0.3, 0.4) is 0 Å². The smallest absolute Gasteiger partial charge is 0.306 e.